The highest BCUT2D eigenvalue weighted by Crippen LogP contribution is 2.31. The van der Waals surface area contributed by atoms with Crippen LogP contribution in [0.15, 0.2) is 58.3 Å². The molecule has 0 aromatic heterocycles. The summed E-state index contributed by atoms with van der Waals surface area (Å²) in [5.41, 5.74) is 0.000466. The van der Waals surface area contributed by atoms with E-state index in [1.807, 2.05) is 13.1 Å². The maximum Gasteiger partial charge on any atom is 0.416 e. The van der Waals surface area contributed by atoms with Crippen molar-refractivity contribution in [2.24, 2.45) is 0 Å². The van der Waals surface area contributed by atoms with Gasteiger partial charge in [-0.1, -0.05) is 12.1 Å². The molecule has 0 spiro atoms. The Balaban J connectivity index is 2.28. The van der Waals surface area contributed by atoms with Crippen LogP contribution in [0, 0.1) is 0 Å². The smallest absolute Gasteiger partial charge is 0.320 e. The van der Waals surface area contributed by atoms with Crippen molar-refractivity contribution in [2.75, 3.05) is 13.6 Å². The van der Waals surface area contributed by atoms with Crippen LogP contribution in [-0.2, 0) is 22.4 Å². The second-order valence-corrected chi connectivity index (χ2v) is 7.33. The van der Waals surface area contributed by atoms with Crippen LogP contribution in [0.1, 0.15) is 17.5 Å². The second kappa shape index (κ2) is 7.36. The maximum atomic E-state index is 12.6. The number of rotatable bonds is 6. The molecule has 2 aromatic carbocycles. The van der Waals surface area contributed by atoms with E-state index in [2.05, 4.69) is 5.32 Å². The lowest BCUT2D eigenvalue weighted by Crippen LogP contribution is -2.09. The molecule has 0 fully saturated rings. The minimum Gasteiger partial charge on any atom is -0.320 e. The number of hydrogen-bond acceptors (Lipinski definition) is 3. The van der Waals surface area contributed by atoms with Crippen LogP contribution in [0.2, 0.25) is 0 Å². The van der Waals surface area contributed by atoms with Crippen molar-refractivity contribution in [3.05, 3.63) is 59.7 Å². The lowest BCUT2D eigenvalue weighted by Gasteiger charge is -2.09. The Kier molecular flexibility index (Phi) is 5.66. The summed E-state index contributed by atoms with van der Waals surface area (Å²) in [6, 6.07) is 10.1. The van der Waals surface area contributed by atoms with Gasteiger partial charge in [-0.3, -0.25) is 0 Å². The first-order valence-electron chi connectivity index (χ1n) is 7.41. The summed E-state index contributed by atoms with van der Waals surface area (Å²) in [7, 11) is -2.00. The van der Waals surface area contributed by atoms with Crippen LogP contribution >= 0.6 is 0 Å². The zero-order valence-electron chi connectivity index (χ0n) is 13.1. The van der Waals surface area contributed by atoms with E-state index in [1.165, 1.54) is 6.07 Å². The second-order valence-electron chi connectivity index (χ2n) is 5.38. The van der Waals surface area contributed by atoms with E-state index in [4.69, 9.17) is 0 Å². The van der Waals surface area contributed by atoms with Gasteiger partial charge in [0.25, 0.3) is 0 Å². The van der Waals surface area contributed by atoms with Gasteiger partial charge in [-0.25, -0.2) is 8.42 Å². The van der Waals surface area contributed by atoms with Gasteiger partial charge < -0.3 is 5.32 Å². The first-order chi connectivity index (χ1) is 11.2. The van der Waals surface area contributed by atoms with Crippen molar-refractivity contribution < 1.29 is 21.6 Å². The van der Waals surface area contributed by atoms with E-state index in [0.717, 1.165) is 49.2 Å². The molecule has 0 bridgehead atoms. The van der Waals surface area contributed by atoms with Gasteiger partial charge in [0.2, 0.25) is 9.84 Å². The highest BCUT2D eigenvalue weighted by atomic mass is 32.2. The molecular weight excluding hydrogens is 339 g/mol. The van der Waals surface area contributed by atoms with Crippen LogP contribution in [0.3, 0.4) is 0 Å². The largest absolute Gasteiger partial charge is 0.416 e. The molecule has 0 amide bonds. The van der Waals surface area contributed by atoms with Crippen molar-refractivity contribution in [3.8, 4) is 0 Å². The fourth-order valence-corrected chi connectivity index (χ4v) is 3.63. The van der Waals surface area contributed by atoms with Crippen LogP contribution in [0.4, 0.5) is 13.2 Å². The van der Waals surface area contributed by atoms with Crippen molar-refractivity contribution in [3.63, 3.8) is 0 Å². The number of nitrogens with one attached hydrogen (secondary N) is 1. The Morgan fingerprint density at radius 3 is 2.25 bits per heavy atom. The predicted molar refractivity (Wildman–Crippen MR) is 85.6 cm³/mol. The van der Waals surface area contributed by atoms with E-state index < -0.39 is 21.6 Å². The Morgan fingerprint density at radius 2 is 1.67 bits per heavy atom. The van der Waals surface area contributed by atoms with Gasteiger partial charge >= 0.3 is 6.18 Å². The molecule has 0 aliphatic rings. The molecule has 0 unspecified atom stereocenters. The summed E-state index contributed by atoms with van der Waals surface area (Å²) in [5, 5.41) is 3.02. The Morgan fingerprint density at radius 1 is 1.00 bits per heavy atom. The van der Waals surface area contributed by atoms with Crippen molar-refractivity contribution in [1.29, 1.82) is 0 Å². The molecule has 0 heterocycles. The molecule has 0 saturated carbocycles. The number of hydrogen-bond donors (Lipinski definition) is 1. The summed E-state index contributed by atoms with van der Waals surface area (Å²) in [6.07, 6.45) is -2.91. The van der Waals surface area contributed by atoms with E-state index in [1.54, 1.807) is 12.1 Å². The van der Waals surface area contributed by atoms with E-state index in [0.29, 0.717) is 0 Å². The lowest BCUT2D eigenvalue weighted by atomic mass is 10.1. The predicted octanol–water partition coefficient (Wildman–Crippen LogP) is 3.69. The fraction of sp³-hybridized carbons (Fsp3) is 0.294. The standard InChI is InChI=1S/C17H18F3NO2S/c1-21-11-3-5-13-4-2-6-16(12-13)24(22,23)15-9-7-14(8-10-15)17(18,19)20/h2,4,6-10,12,21H,3,5,11H2,1H3. The number of aryl methyl sites for hydroxylation is 1. The highest BCUT2D eigenvalue weighted by Gasteiger charge is 2.30. The summed E-state index contributed by atoms with van der Waals surface area (Å²) in [4.78, 5) is -0.0629. The maximum absolute atomic E-state index is 12.6. The van der Waals surface area contributed by atoms with Gasteiger partial charge in [-0.2, -0.15) is 13.2 Å². The molecule has 0 aliphatic heterocycles. The monoisotopic (exact) mass is 357 g/mol. The van der Waals surface area contributed by atoms with Crippen LogP contribution in [0.25, 0.3) is 0 Å². The van der Waals surface area contributed by atoms with Crippen molar-refractivity contribution >= 4 is 9.84 Å². The molecule has 7 heteroatoms. The quantitative estimate of drug-likeness (QED) is 0.802. The third kappa shape index (κ3) is 4.36. The Hall–Kier alpha value is -1.86. The Labute approximate surface area is 139 Å². The molecule has 0 saturated heterocycles. The highest BCUT2D eigenvalue weighted by molar-refractivity contribution is 7.91. The molecule has 3 nitrogen and oxygen atoms in total. The van der Waals surface area contributed by atoms with Crippen LogP contribution < -0.4 is 5.32 Å². The van der Waals surface area contributed by atoms with Crippen LogP contribution in [-0.4, -0.2) is 22.0 Å². The minimum absolute atomic E-state index is 0.0872. The molecule has 2 rings (SSSR count). The molecule has 130 valence electrons. The average molecular weight is 357 g/mol. The van der Waals surface area contributed by atoms with E-state index in [-0.39, 0.29) is 9.79 Å². The first kappa shape index (κ1) is 18.5. The van der Waals surface area contributed by atoms with Gasteiger partial charge in [0.05, 0.1) is 15.4 Å². The molecule has 0 atom stereocenters. The molecular formula is C17H18F3NO2S. The molecule has 0 aliphatic carbocycles. The SMILES string of the molecule is CNCCCc1cccc(S(=O)(=O)c2ccc(C(F)(F)F)cc2)c1. The summed E-state index contributed by atoms with van der Waals surface area (Å²) >= 11 is 0. The van der Waals surface area contributed by atoms with Gasteiger partial charge in [0.15, 0.2) is 0 Å². The third-order valence-electron chi connectivity index (χ3n) is 3.59. The van der Waals surface area contributed by atoms with Gasteiger partial charge in [0.1, 0.15) is 0 Å². The third-order valence-corrected chi connectivity index (χ3v) is 5.36. The summed E-state index contributed by atoms with van der Waals surface area (Å²) < 4.78 is 62.9. The minimum atomic E-state index is -4.49. The molecule has 1 N–H and O–H groups in total. The summed E-state index contributed by atoms with van der Waals surface area (Å²) in [6.45, 7) is 0.815. The topological polar surface area (TPSA) is 46.2 Å². The number of sulfone groups is 1. The van der Waals surface area contributed by atoms with Crippen molar-refractivity contribution in [2.45, 2.75) is 28.8 Å². The normalized spacial score (nSPS) is 12.3. The average Bonchev–Trinajstić information content (AvgIpc) is 2.55. The number of benzene rings is 2. The molecule has 24 heavy (non-hydrogen) atoms. The lowest BCUT2D eigenvalue weighted by molar-refractivity contribution is -0.137. The zero-order chi connectivity index (χ0) is 17.8. The van der Waals surface area contributed by atoms with Gasteiger partial charge in [0, 0.05) is 0 Å². The van der Waals surface area contributed by atoms with Crippen molar-refractivity contribution in [1.82, 2.24) is 5.32 Å². The fourth-order valence-electron chi connectivity index (χ4n) is 2.30. The van der Waals surface area contributed by atoms with Gasteiger partial charge in [-0.05, 0) is 68.4 Å². The summed E-state index contributed by atoms with van der Waals surface area (Å²) in [5.74, 6) is 0. The number of alkyl halides is 3. The zero-order valence-corrected chi connectivity index (χ0v) is 13.9. The van der Waals surface area contributed by atoms with Crippen LogP contribution in [0.5, 0.6) is 0 Å². The van der Waals surface area contributed by atoms with E-state index >= 15 is 0 Å². The van der Waals surface area contributed by atoms with E-state index in [9.17, 15) is 21.6 Å². The molecule has 0 radical (unpaired) electrons. The molecule has 2 aromatic rings. The number of halogens is 3. The van der Waals surface area contributed by atoms with Gasteiger partial charge in [-0.15, -0.1) is 0 Å². The first-order valence-corrected chi connectivity index (χ1v) is 8.89. The Bertz CT molecular complexity index is 784.